The monoisotopic (exact) mass is 405 g/mol. The molecule has 0 heterocycles. The fraction of sp³-hybridized carbons (Fsp3) is 1.00. The van der Waals surface area contributed by atoms with E-state index in [0.717, 1.165) is 5.92 Å². The topological polar surface area (TPSA) is 0 Å². The summed E-state index contributed by atoms with van der Waals surface area (Å²) >= 11 is 0. The van der Waals surface area contributed by atoms with Gasteiger partial charge in [0, 0.05) is 0 Å². The third-order valence-corrected chi connectivity index (χ3v) is 4.79. The minimum atomic E-state index is 0.500. The fourth-order valence-corrected chi connectivity index (χ4v) is 2.14. The van der Waals surface area contributed by atoms with Gasteiger partial charge in [-0.25, -0.2) is 0 Å². The Bertz CT molecular complexity index is 181. The highest BCUT2D eigenvalue weighted by atomic mass is 14.3. The predicted octanol–water partition coefficient (Wildman–Crippen LogP) is 12.0. The molecule has 0 aromatic rings. The zero-order valence-corrected chi connectivity index (χ0v) is 24.2. The molecule has 0 nitrogen and oxygen atoms in total. The van der Waals surface area contributed by atoms with Gasteiger partial charge in [-0.2, -0.15) is 0 Å². The number of hydrogen-bond acceptors (Lipinski definition) is 0. The van der Waals surface area contributed by atoms with Crippen molar-refractivity contribution in [3.63, 3.8) is 0 Å². The molecular weight excluding hydrogens is 336 g/mol. The SMILES string of the molecule is CC.CC.CC(C)C(C)(C)C.CCC.CCC.CCCC(CC)(CC)CCC. The van der Waals surface area contributed by atoms with E-state index in [4.69, 9.17) is 0 Å². The Kier molecular flexibility index (Phi) is 52.0. The highest BCUT2D eigenvalue weighted by Crippen LogP contribution is 2.36. The van der Waals surface area contributed by atoms with E-state index in [1.54, 1.807) is 0 Å². The van der Waals surface area contributed by atoms with Crippen molar-refractivity contribution >= 4 is 0 Å². The van der Waals surface area contributed by atoms with Gasteiger partial charge in [-0.15, -0.1) is 0 Å². The van der Waals surface area contributed by atoms with Gasteiger partial charge in [0.15, 0.2) is 0 Å². The summed E-state index contributed by atoms with van der Waals surface area (Å²) in [7, 11) is 0. The minimum Gasteiger partial charge on any atom is -0.0683 e. The molecule has 0 rings (SSSR count). The van der Waals surface area contributed by atoms with Crippen LogP contribution in [0.2, 0.25) is 0 Å². The Hall–Kier alpha value is 0. The maximum absolute atomic E-state index is 2.34. The summed E-state index contributed by atoms with van der Waals surface area (Å²) in [5, 5.41) is 0. The molecule has 0 aliphatic rings. The molecule has 180 valence electrons. The van der Waals surface area contributed by atoms with Crippen molar-refractivity contribution in [2.24, 2.45) is 16.7 Å². The normalized spacial score (nSPS) is 9.64. The van der Waals surface area contributed by atoms with Gasteiger partial charge >= 0.3 is 0 Å². The molecule has 0 fully saturated rings. The third kappa shape index (κ3) is 40.6. The van der Waals surface area contributed by atoms with Crippen LogP contribution in [0.3, 0.4) is 0 Å². The minimum absolute atomic E-state index is 0.500. The average molecular weight is 405 g/mol. The van der Waals surface area contributed by atoms with Crippen LogP contribution in [0.5, 0.6) is 0 Å². The molecule has 0 aromatic heterocycles. The lowest BCUT2D eigenvalue weighted by atomic mass is 9.75. The Morgan fingerprint density at radius 3 is 0.786 bits per heavy atom. The summed E-state index contributed by atoms with van der Waals surface area (Å²) in [6.07, 6.45) is 10.8. The van der Waals surface area contributed by atoms with E-state index in [1.165, 1.54) is 51.4 Å². The van der Waals surface area contributed by atoms with Gasteiger partial charge in [0.2, 0.25) is 0 Å². The van der Waals surface area contributed by atoms with Crippen molar-refractivity contribution in [3.8, 4) is 0 Å². The molecule has 0 aliphatic heterocycles. The zero-order valence-electron chi connectivity index (χ0n) is 24.2. The van der Waals surface area contributed by atoms with Crippen molar-refractivity contribution < 1.29 is 0 Å². The molecule has 0 saturated heterocycles. The Morgan fingerprint density at radius 2 is 0.714 bits per heavy atom. The van der Waals surface area contributed by atoms with Crippen LogP contribution in [0, 0.1) is 16.7 Å². The van der Waals surface area contributed by atoms with Crippen LogP contribution in [0.4, 0.5) is 0 Å². The van der Waals surface area contributed by atoms with Gasteiger partial charge in [0.1, 0.15) is 0 Å². The molecule has 0 bridgehead atoms. The van der Waals surface area contributed by atoms with E-state index in [2.05, 4.69) is 90.0 Å². The first kappa shape index (κ1) is 42.2. The summed E-state index contributed by atoms with van der Waals surface area (Å²) in [6.45, 7) is 37.1. The van der Waals surface area contributed by atoms with Crippen LogP contribution in [-0.2, 0) is 0 Å². The molecule has 0 N–H and O–H groups in total. The second-order valence-electron chi connectivity index (χ2n) is 8.64. The summed E-state index contributed by atoms with van der Waals surface area (Å²) in [6, 6.07) is 0. The first-order valence-electron chi connectivity index (χ1n) is 13.0. The molecule has 0 saturated carbocycles. The van der Waals surface area contributed by atoms with E-state index < -0.39 is 0 Å². The largest absolute Gasteiger partial charge is 0.0683 e. The van der Waals surface area contributed by atoms with Gasteiger partial charge in [-0.3, -0.25) is 0 Å². The number of hydrogen-bond donors (Lipinski definition) is 0. The lowest BCUT2D eigenvalue weighted by molar-refractivity contribution is 0.214. The van der Waals surface area contributed by atoms with Crippen LogP contribution in [0.15, 0.2) is 0 Å². The van der Waals surface area contributed by atoms with Crippen molar-refractivity contribution in [2.45, 2.75) is 169 Å². The molecule has 0 aliphatic carbocycles. The van der Waals surface area contributed by atoms with Crippen LogP contribution in [-0.4, -0.2) is 0 Å². The first-order valence-corrected chi connectivity index (χ1v) is 13.0. The van der Waals surface area contributed by atoms with Gasteiger partial charge in [0.05, 0.1) is 0 Å². The fourth-order valence-electron chi connectivity index (χ4n) is 2.14. The molecule has 0 heteroatoms. The molecule has 0 unspecified atom stereocenters. The Labute approximate surface area is 186 Å². The van der Waals surface area contributed by atoms with E-state index in [9.17, 15) is 0 Å². The summed E-state index contributed by atoms with van der Waals surface area (Å²) < 4.78 is 0. The Morgan fingerprint density at radius 1 is 0.536 bits per heavy atom. The van der Waals surface area contributed by atoms with E-state index >= 15 is 0 Å². The smallest absolute Gasteiger partial charge is 0.0303 e. The molecule has 28 heavy (non-hydrogen) atoms. The van der Waals surface area contributed by atoms with E-state index in [1.807, 2.05) is 27.7 Å². The third-order valence-electron chi connectivity index (χ3n) is 4.79. The Balaban J connectivity index is -0.0000000611. The second kappa shape index (κ2) is 34.5. The highest BCUT2D eigenvalue weighted by molar-refractivity contribution is 4.75. The maximum atomic E-state index is 2.34. The van der Waals surface area contributed by atoms with E-state index in [0.29, 0.717) is 10.8 Å². The average Bonchev–Trinajstić information content (AvgIpc) is 2.66. The van der Waals surface area contributed by atoms with Crippen LogP contribution in [0.1, 0.15) is 169 Å². The standard InChI is InChI=1S/C11H24.C7H16.2C3H8.2C2H6/c1-5-9-11(7-3,8-4)10-6-2;1-6(2)7(3,4)5;2*1-3-2;2*1-2/h5-10H2,1-4H3;6H,1-5H3;2*3H2,1-2H3;2*1-2H3. The van der Waals surface area contributed by atoms with Gasteiger partial charge in [-0.1, -0.05) is 156 Å². The van der Waals surface area contributed by atoms with Crippen molar-refractivity contribution in [3.05, 3.63) is 0 Å². The lowest BCUT2D eigenvalue weighted by Gasteiger charge is -2.31. The van der Waals surface area contributed by atoms with Gasteiger partial charge in [0.25, 0.3) is 0 Å². The van der Waals surface area contributed by atoms with Crippen LogP contribution >= 0.6 is 0 Å². The second-order valence-corrected chi connectivity index (χ2v) is 8.64. The van der Waals surface area contributed by atoms with Crippen molar-refractivity contribution in [1.29, 1.82) is 0 Å². The maximum Gasteiger partial charge on any atom is -0.0303 e. The van der Waals surface area contributed by atoms with Gasteiger partial charge in [-0.05, 0) is 29.6 Å². The van der Waals surface area contributed by atoms with Crippen LogP contribution in [0.25, 0.3) is 0 Å². The molecular formula is C28H68. The first-order chi connectivity index (χ1) is 13.0. The summed E-state index contributed by atoms with van der Waals surface area (Å²) in [5.74, 6) is 0.799. The molecule has 0 amide bonds. The highest BCUT2D eigenvalue weighted by Gasteiger charge is 2.23. The number of rotatable bonds is 6. The van der Waals surface area contributed by atoms with Gasteiger partial charge < -0.3 is 0 Å². The van der Waals surface area contributed by atoms with Crippen LogP contribution < -0.4 is 0 Å². The molecule has 0 atom stereocenters. The molecule has 0 radical (unpaired) electrons. The molecule has 0 aromatic carbocycles. The summed E-state index contributed by atoms with van der Waals surface area (Å²) in [5.41, 5.74) is 1.18. The lowest BCUT2D eigenvalue weighted by Crippen LogP contribution is -2.17. The molecule has 0 spiro atoms. The zero-order chi connectivity index (χ0) is 24.2. The van der Waals surface area contributed by atoms with Crippen molar-refractivity contribution in [1.82, 2.24) is 0 Å². The summed E-state index contributed by atoms with van der Waals surface area (Å²) in [4.78, 5) is 0. The quantitative estimate of drug-likeness (QED) is 0.412. The van der Waals surface area contributed by atoms with Crippen molar-refractivity contribution in [2.75, 3.05) is 0 Å². The van der Waals surface area contributed by atoms with E-state index in [-0.39, 0.29) is 0 Å². The predicted molar refractivity (Wildman–Crippen MR) is 142 cm³/mol.